The molecule has 0 fully saturated rings. The molecule has 1 aromatic carbocycles. The molecule has 1 aliphatic heterocycles. The van der Waals surface area contributed by atoms with Gasteiger partial charge in [0.25, 0.3) is 0 Å². The number of nitrogens with two attached hydrogens (primary N) is 1. The molecule has 0 radical (unpaired) electrons. The molecule has 1 aliphatic rings. The Morgan fingerprint density at radius 1 is 1.34 bits per heavy atom. The lowest BCUT2D eigenvalue weighted by Crippen LogP contribution is -2.50. The van der Waals surface area contributed by atoms with E-state index in [1.54, 1.807) is 18.3 Å². The molecule has 0 bridgehead atoms. The maximum absolute atomic E-state index is 13.2. The Labute approximate surface area is 183 Å². The van der Waals surface area contributed by atoms with E-state index in [-0.39, 0.29) is 0 Å². The van der Waals surface area contributed by atoms with Gasteiger partial charge in [0, 0.05) is 36.0 Å². The maximum Gasteiger partial charge on any atom is 0.245 e. The van der Waals surface area contributed by atoms with Crippen LogP contribution in [-0.2, 0) is 4.79 Å². The number of benzene rings is 1. The number of hydrogen-bond acceptors (Lipinski definition) is 6. The smallest absolute Gasteiger partial charge is 0.245 e. The zero-order chi connectivity index (χ0) is 20.8. The summed E-state index contributed by atoms with van der Waals surface area (Å²) >= 11 is 2.24. The van der Waals surface area contributed by atoms with Crippen LogP contribution in [0, 0.1) is 9.52 Å². The molecule has 1 unspecified atom stereocenters. The number of hydrogen-bond donors (Lipinski definition) is 2. The van der Waals surface area contributed by atoms with Crippen molar-refractivity contribution in [1.29, 1.82) is 0 Å². The van der Waals surface area contributed by atoms with Crippen molar-refractivity contribution in [2.75, 3.05) is 42.9 Å². The van der Waals surface area contributed by atoms with E-state index < -0.39 is 17.9 Å². The number of carbonyl (C=O) groups excluding carboxylic acids is 1. The molecule has 0 aliphatic carbocycles. The van der Waals surface area contributed by atoms with E-state index in [0.29, 0.717) is 18.9 Å². The fraction of sp³-hybridized carbons (Fsp3) is 0.350. The van der Waals surface area contributed by atoms with Gasteiger partial charge >= 0.3 is 0 Å². The van der Waals surface area contributed by atoms with Gasteiger partial charge in [0.2, 0.25) is 11.9 Å². The molecule has 3 rings (SSSR count). The molecule has 7 nitrogen and oxygen atoms in total. The van der Waals surface area contributed by atoms with Gasteiger partial charge in [0.05, 0.1) is 11.4 Å². The average Bonchev–Trinajstić information content (AvgIpc) is 2.69. The van der Waals surface area contributed by atoms with Gasteiger partial charge < -0.3 is 20.9 Å². The van der Waals surface area contributed by atoms with Gasteiger partial charge in [-0.05, 0) is 59.5 Å². The highest BCUT2D eigenvalue weighted by Gasteiger charge is 2.28. The van der Waals surface area contributed by atoms with Crippen LogP contribution in [0.15, 0.2) is 41.4 Å². The van der Waals surface area contributed by atoms with E-state index in [0.717, 1.165) is 34.6 Å². The molecule has 29 heavy (non-hydrogen) atoms. The van der Waals surface area contributed by atoms with Crippen LogP contribution < -0.4 is 16.0 Å². The molecule has 9 heteroatoms. The standard InChI is InChI=1S/C20H24FIN6O/c1-2-27(9-8-24-19-5-3-4-18(21)26-19)10-11-28-16-7-6-14(22)12-15(16)25-13-17(28)20(23)29/h3-7,12-13,17H,2,8-11H2,1H3,(H2,23,29)(H,24,26). The number of fused-ring (bicyclic) bond motifs is 1. The third kappa shape index (κ3) is 5.63. The van der Waals surface area contributed by atoms with E-state index in [1.807, 2.05) is 23.1 Å². The summed E-state index contributed by atoms with van der Waals surface area (Å²) in [4.78, 5) is 24.4. The molecule has 0 saturated heterocycles. The van der Waals surface area contributed by atoms with Crippen LogP contribution >= 0.6 is 22.6 Å². The molecule has 1 atom stereocenters. The summed E-state index contributed by atoms with van der Waals surface area (Å²) in [6, 6.07) is 10.1. The molecular weight excluding hydrogens is 486 g/mol. The van der Waals surface area contributed by atoms with E-state index in [9.17, 15) is 9.18 Å². The second-order valence-electron chi connectivity index (χ2n) is 6.66. The molecule has 3 N–H and O–H groups in total. The summed E-state index contributed by atoms with van der Waals surface area (Å²) in [5, 5.41) is 3.13. The summed E-state index contributed by atoms with van der Waals surface area (Å²) in [7, 11) is 0. The van der Waals surface area contributed by atoms with Gasteiger partial charge in [-0.25, -0.2) is 4.98 Å². The molecule has 2 heterocycles. The van der Waals surface area contributed by atoms with Gasteiger partial charge in [0.15, 0.2) is 0 Å². The number of likely N-dealkylation sites (N-methyl/N-ethyl adjacent to an activating group) is 1. The first kappa shape index (κ1) is 21.4. The zero-order valence-electron chi connectivity index (χ0n) is 16.2. The van der Waals surface area contributed by atoms with Crippen LogP contribution in [0.1, 0.15) is 6.92 Å². The van der Waals surface area contributed by atoms with Gasteiger partial charge in [-0.1, -0.05) is 13.0 Å². The monoisotopic (exact) mass is 510 g/mol. The lowest BCUT2D eigenvalue weighted by atomic mass is 10.1. The summed E-state index contributed by atoms with van der Waals surface area (Å²) in [6.07, 6.45) is 1.62. The Morgan fingerprint density at radius 3 is 2.90 bits per heavy atom. The van der Waals surface area contributed by atoms with Gasteiger partial charge in [-0.15, -0.1) is 0 Å². The number of nitrogens with one attached hydrogen (secondary N) is 1. The van der Waals surface area contributed by atoms with Crippen LogP contribution in [0.2, 0.25) is 0 Å². The SMILES string of the molecule is CCN(CCNc1cccc(F)n1)CCN1c2ccc(I)cc2N=CC1C(N)=O. The molecular formula is C20H24FIN6O. The van der Waals surface area contributed by atoms with E-state index in [1.165, 1.54) is 6.07 Å². The summed E-state index contributed by atoms with van der Waals surface area (Å²) in [6.45, 7) is 5.72. The van der Waals surface area contributed by atoms with Crippen LogP contribution in [-0.4, -0.2) is 60.8 Å². The fourth-order valence-electron chi connectivity index (χ4n) is 3.24. The number of primary amides is 1. The van der Waals surface area contributed by atoms with Crippen LogP contribution in [0.5, 0.6) is 0 Å². The van der Waals surface area contributed by atoms with Crippen LogP contribution in [0.4, 0.5) is 21.6 Å². The highest BCUT2D eigenvalue weighted by atomic mass is 127. The first-order valence-corrected chi connectivity index (χ1v) is 10.5. The third-order valence-corrected chi connectivity index (χ3v) is 5.45. The highest BCUT2D eigenvalue weighted by molar-refractivity contribution is 14.1. The molecule has 0 spiro atoms. The molecule has 0 saturated carbocycles. The number of nitrogens with zero attached hydrogens (tertiary/aromatic N) is 4. The Hall–Kier alpha value is -2.27. The quantitative estimate of drug-likeness (QED) is 0.400. The number of amides is 1. The minimum atomic E-state index is -0.559. The number of halogens is 2. The van der Waals surface area contributed by atoms with E-state index in [2.05, 4.69) is 49.7 Å². The Bertz CT molecular complexity index is 893. The molecule has 1 amide bonds. The predicted octanol–water partition coefficient (Wildman–Crippen LogP) is 2.64. The van der Waals surface area contributed by atoms with Crippen molar-refractivity contribution in [3.63, 3.8) is 0 Å². The number of carbonyl (C=O) groups is 1. The zero-order valence-corrected chi connectivity index (χ0v) is 18.3. The third-order valence-electron chi connectivity index (χ3n) is 4.78. The summed E-state index contributed by atoms with van der Waals surface area (Å²) in [5.41, 5.74) is 7.36. The summed E-state index contributed by atoms with van der Waals surface area (Å²) in [5.74, 6) is -0.398. The van der Waals surface area contributed by atoms with Crippen molar-refractivity contribution in [3.8, 4) is 0 Å². The van der Waals surface area contributed by atoms with Crippen molar-refractivity contribution in [1.82, 2.24) is 9.88 Å². The molecule has 1 aromatic heterocycles. The van der Waals surface area contributed by atoms with Crippen molar-refractivity contribution >= 4 is 51.9 Å². The maximum atomic E-state index is 13.2. The van der Waals surface area contributed by atoms with E-state index >= 15 is 0 Å². The van der Waals surface area contributed by atoms with Crippen molar-refractivity contribution in [2.24, 2.45) is 10.7 Å². The lowest BCUT2D eigenvalue weighted by Gasteiger charge is -2.35. The fourth-order valence-corrected chi connectivity index (χ4v) is 3.71. The van der Waals surface area contributed by atoms with Crippen LogP contribution in [0.25, 0.3) is 0 Å². The largest absolute Gasteiger partial charge is 0.369 e. The van der Waals surface area contributed by atoms with Crippen molar-refractivity contribution in [2.45, 2.75) is 13.0 Å². The Kier molecular flexibility index (Phi) is 7.37. The average molecular weight is 510 g/mol. The van der Waals surface area contributed by atoms with Gasteiger partial charge in [-0.3, -0.25) is 9.79 Å². The number of rotatable bonds is 9. The first-order valence-electron chi connectivity index (χ1n) is 9.46. The van der Waals surface area contributed by atoms with Crippen molar-refractivity contribution in [3.05, 3.63) is 45.9 Å². The Balaban J connectivity index is 1.61. The minimum absolute atomic E-state index is 0.417. The predicted molar refractivity (Wildman–Crippen MR) is 122 cm³/mol. The molecule has 2 aromatic rings. The Morgan fingerprint density at radius 2 is 2.17 bits per heavy atom. The number of anilines is 2. The summed E-state index contributed by atoms with van der Waals surface area (Å²) < 4.78 is 14.3. The second kappa shape index (κ2) is 9.97. The topological polar surface area (TPSA) is 86.8 Å². The number of pyridine rings is 1. The van der Waals surface area contributed by atoms with E-state index in [4.69, 9.17) is 5.73 Å². The minimum Gasteiger partial charge on any atom is -0.369 e. The number of aromatic nitrogens is 1. The highest BCUT2D eigenvalue weighted by Crippen LogP contribution is 2.34. The van der Waals surface area contributed by atoms with Crippen LogP contribution in [0.3, 0.4) is 0 Å². The van der Waals surface area contributed by atoms with Crippen molar-refractivity contribution < 1.29 is 9.18 Å². The van der Waals surface area contributed by atoms with Gasteiger partial charge in [-0.2, -0.15) is 4.39 Å². The lowest BCUT2D eigenvalue weighted by molar-refractivity contribution is -0.117. The molecule has 154 valence electrons. The normalized spacial score (nSPS) is 15.4. The number of aliphatic imine (C=N–C) groups is 1. The van der Waals surface area contributed by atoms with Gasteiger partial charge in [0.1, 0.15) is 11.9 Å². The first-order chi connectivity index (χ1) is 14.0. The second-order valence-corrected chi connectivity index (χ2v) is 7.90.